The summed E-state index contributed by atoms with van der Waals surface area (Å²) < 4.78 is 6.01. The normalized spacial score (nSPS) is 10.3. The van der Waals surface area contributed by atoms with Crippen LogP contribution in [0.25, 0.3) is 0 Å². The number of amides is 3. The fraction of sp³-hybridized carbons (Fsp3) is 0.100. The van der Waals surface area contributed by atoms with Gasteiger partial charge in [0.05, 0.1) is 6.26 Å². The summed E-state index contributed by atoms with van der Waals surface area (Å²) in [6.45, 7) is 0.477. The van der Waals surface area contributed by atoms with Gasteiger partial charge in [-0.1, -0.05) is 34.1 Å². The lowest BCUT2D eigenvalue weighted by Crippen LogP contribution is -2.30. The first-order valence-electron chi connectivity index (χ1n) is 8.23. The summed E-state index contributed by atoms with van der Waals surface area (Å²) in [5, 5.41) is 5.56. The van der Waals surface area contributed by atoms with E-state index in [0.717, 1.165) is 10.0 Å². The molecule has 0 saturated carbocycles. The lowest BCUT2D eigenvalue weighted by atomic mass is 10.2. The minimum Gasteiger partial charge on any atom is -0.459 e. The van der Waals surface area contributed by atoms with Gasteiger partial charge in [0.25, 0.3) is 5.91 Å². The summed E-state index contributed by atoms with van der Waals surface area (Å²) in [5.74, 6) is -0.0916. The third-order valence-corrected chi connectivity index (χ3v) is 4.62. The summed E-state index contributed by atoms with van der Waals surface area (Å²) in [6.07, 6.45) is 1.44. The third-order valence-electron chi connectivity index (χ3n) is 3.85. The van der Waals surface area contributed by atoms with Gasteiger partial charge >= 0.3 is 6.03 Å². The summed E-state index contributed by atoms with van der Waals surface area (Å²) >= 11 is 3.48. The number of hydrogen-bond donors (Lipinski definition) is 2. The van der Waals surface area contributed by atoms with Crippen LogP contribution in [0.3, 0.4) is 0 Å². The van der Waals surface area contributed by atoms with E-state index in [1.54, 1.807) is 48.3 Å². The molecule has 0 spiro atoms. The molecule has 0 aliphatic carbocycles. The van der Waals surface area contributed by atoms with Gasteiger partial charge in [0.15, 0.2) is 5.76 Å². The third kappa shape index (κ3) is 4.98. The van der Waals surface area contributed by atoms with Crippen LogP contribution < -0.4 is 10.6 Å². The molecule has 6 nitrogen and oxygen atoms in total. The molecule has 0 saturated heterocycles. The molecular formula is C20H18BrN3O3. The van der Waals surface area contributed by atoms with Crippen LogP contribution in [0.2, 0.25) is 0 Å². The molecule has 0 radical (unpaired) electrons. The maximum absolute atomic E-state index is 12.4. The van der Waals surface area contributed by atoms with E-state index in [4.69, 9.17) is 4.42 Å². The Morgan fingerprint density at radius 2 is 1.63 bits per heavy atom. The van der Waals surface area contributed by atoms with Crippen molar-refractivity contribution in [3.63, 3.8) is 0 Å². The average molecular weight is 428 g/mol. The second-order valence-electron chi connectivity index (χ2n) is 5.89. The fourth-order valence-electron chi connectivity index (χ4n) is 2.41. The van der Waals surface area contributed by atoms with Crippen LogP contribution in [-0.2, 0) is 6.54 Å². The maximum atomic E-state index is 12.4. The monoisotopic (exact) mass is 427 g/mol. The number of carbonyl (C=O) groups excluding carboxylic acids is 2. The molecule has 2 N–H and O–H groups in total. The Hall–Kier alpha value is -3.06. The highest BCUT2D eigenvalue weighted by Gasteiger charge is 2.12. The Morgan fingerprint density at radius 1 is 0.963 bits per heavy atom. The van der Waals surface area contributed by atoms with Gasteiger partial charge in [-0.25, -0.2) is 4.79 Å². The van der Waals surface area contributed by atoms with Gasteiger partial charge in [-0.3, -0.25) is 4.79 Å². The van der Waals surface area contributed by atoms with E-state index in [1.165, 1.54) is 6.26 Å². The minimum absolute atomic E-state index is 0.224. The Balaban J connectivity index is 1.56. The Morgan fingerprint density at radius 3 is 2.26 bits per heavy atom. The van der Waals surface area contributed by atoms with Gasteiger partial charge in [0.1, 0.15) is 0 Å². The summed E-state index contributed by atoms with van der Waals surface area (Å²) in [4.78, 5) is 25.9. The van der Waals surface area contributed by atoms with E-state index in [0.29, 0.717) is 17.9 Å². The zero-order chi connectivity index (χ0) is 19.2. The second-order valence-corrected chi connectivity index (χ2v) is 6.74. The second kappa shape index (κ2) is 8.55. The van der Waals surface area contributed by atoms with E-state index in [2.05, 4.69) is 26.6 Å². The van der Waals surface area contributed by atoms with E-state index in [-0.39, 0.29) is 17.7 Å². The summed E-state index contributed by atoms with van der Waals surface area (Å²) in [5.41, 5.74) is 2.26. The van der Waals surface area contributed by atoms with Crippen molar-refractivity contribution in [1.82, 2.24) is 4.90 Å². The van der Waals surface area contributed by atoms with Gasteiger partial charge < -0.3 is 20.0 Å². The van der Waals surface area contributed by atoms with E-state index in [1.807, 2.05) is 24.3 Å². The molecule has 1 aromatic heterocycles. The van der Waals surface area contributed by atoms with Gasteiger partial charge in [-0.15, -0.1) is 0 Å². The molecule has 1 heterocycles. The van der Waals surface area contributed by atoms with Crippen molar-refractivity contribution in [3.05, 3.63) is 82.7 Å². The van der Waals surface area contributed by atoms with Crippen LogP contribution in [0.1, 0.15) is 16.1 Å². The minimum atomic E-state index is -0.329. The van der Waals surface area contributed by atoms with Crippen LogP contribution in [-0.4, -0.2) is 23.9 Å². The average Bonchev–Trinajstić information content (AvgIpc) is 3.20. The van der Waals surface area contributed by atoms with E-state index < -0.39 is 0 Å². The highest BCUT2D eigenvalue weighted by molar-refractivity contribution is 9.10. The SMILES string of the molecule is CN(Cc1ccccc1Br)C(=O)Nc1ccc(NC(=O)c2ccco2)cc1. The Labute approximate surface area is 165 Å². The maximum Gasteiger partial charge on any atom is 0.321 e. The quantitative estimate of drug-likeness (QED) is 0.604. The van der Waals surface area contributed by atoms with Crippen LogP contribution in [0.4, 0.5) is 16.2 Å². The van der Waals surface area contributed by atoms with Crippen molar-refractivity contribution in [2.24, 2.45) is 0 Å². The molecule has 0 fully saturated rings. The largest absolute Gasteiger partial charge is 0.459 e. The molecule has 0 unspecified atom stereocenters. The van der Waals surface area contributed by atoms with Gasteiger partial charge in [-0.05, 0) is 48.0 Å². The molecule has 7 heteroatoms. The Bertz CT molecular complexity index is 924. The van der Waals surface area contributed by atoms with Crippen molar-refractivity contribution in [2.45, 2.75) is 6.54 Å². The van der Waals surface area contributed by atoms with Crippen LogP contribution in [0, 0.1) is 0 Å². The number of carbonyl (C=O) groups is 2. The van der Waals surface area contributed by atoms with Crippen LogP contribution >= 0.6 is 15.9 Å². The summed E-state index contributed by atoms with van der Waals surface area (Å²) in [7, 11) is 1.73. The molecule has 0 aliphatic rings. The number of anilines is 2. The van der Waals surface area contributed by atoms with Crippen molar-refractivity contribution in [1.29, 1.82) is 0 Å². The molecule has 138 valence electrons. The van der Waals surface area contributed by atoms with Crippen molar-refractivity contribution in [2.75, 3.05) is 17.7 Å². The van der Waals surface area contributed by atoms with E-state index >= 15 is 0 Å². The Kier molecular flexibility index (Phi) is 5.93. The van der Waals surface area contributed by atoms with Gasteiger partial charge in [0, 0.05) is 29.4 Å². The number of nitrogens with zero attached hydrogens (tertiary/aromatic N) is 1. The smallest absolute Gasteiger partial charge is 0.321 e. The van der Waals surface area contributed by atoms with Gasteiger partial charge in [0.2, 0.25) is 0 Å². The predicted octanol–water partition coefficient (Wildman–Crippen LogP) is 4.96. The van der Waals surface area contributed by atoms with Crippen molar-refractivity contribution < 1.29 is 14.0 Å². The molecule has 0 aliphatic heterocycles. The van der Waals surface area contributed by atoms with Crippen molar-refractivity contribution in [3.8, 4) is 0 Å². The molecule has 2 aromatic carbocycles. The molecule has 3 amide bonds. The van der Waals surface area contributed by atoms with Crippen molar-refractivity contribution >= 4 is 39.2 Å². The first-order valence-corrected chi connectivity index (χ1v) is 9.02. The molecule has 3 rings (SSSR count). The number of urea groups is 1. The zero-order valence-electron chi connectivity index (χ0n) is 14.6. The number of rotatable bonds is 5. The standard InChI is InChI=1S/C20H18BrN3O3/c1-24(13-14-5-2-3-6-17(14)21)20(26)23-16-10-8-15(9-11-16)22-19(25)18-7-4-12-27-18/h2-12H,13H2,1H3,(H,22,25)(H,23,26). The van der Waals surface area contributed by atoms with Gasteiger partial charge in [-0.2, -0.15) is 0 Å². The molecule has 0 atom stereocenters. The first-order chi connectivity index (χ1) is 13.0. The highest BCUT2D eigenvalue weighted by atomic mass is 79.9. The number of furan rings is 1. The topological polar surface area (TPSA) is 74.6 Å². The number of nitrogens with one attached hydrogen (secondary N) is 2. The molecule has 3 aromatic rings. The molecule has 0 bridgehead atoms. The lowest BCUT2D eigenvalue weighted by molar-refractivity contribution is 0.0996. The zero-order valence-corrected chi connectivity index (χ0v) is 16.2. The fourth-order valence-corrected chi connectivity index (χ4v) is 2.82. The lowest BCUT2D eigenvalue weighted by Gasteiger charge is -2.19. The summed E-state index contributed by atoms with van der Waals surface area (Å²) in [6, 6.07) is 17.7. The highest BCUT2D eigenvalue weighted by Crippen LogP contribution is 2.19. The van der Waals surface area contributed by atoms with E-state index in [9.17, 15) is 9.59 Å². The number of hydrogen-bond acceptors (Lipinski definition) is 3. The molecular weight excluding hydrogens is 410 g/mol. The number of benzene rings is 2. The molecule has 27 heavy (non-hydrogen) atoms. The number of halogens is 1. The predicted molar refractivity (Wildman–Crippen MR) is 108 cm³/mol. The van der Waals surface area contributed by atoms with Crippen LogP contribution in [0.15, 0.2) is 75.8 Å². The van der Waals surface area contributed by atoms with Crippen LogP contribution in [0.5, 0.6) is 0 Å². The first kappa shape index (κ1) is 18.7.